The summed E-state index contributed by atoms with van der Waals surface area (Å²) in [5.41, 5.74) is 6.61. The van der Waals surface area contributed by atoms with Gasteiger partial charge in [-0.15, -0.1) is 0 Å². The number of nitrogens with one attached hydrogen (secondary N) is 3. The highest BCUT2D eigenvalue weighted by atomic mass is 16.5. The number of hydrogen-bond acceptors (Lipinski definition) is 9. The number of ether oxygens (including phenoxy) is 3. The predicted octanol–water partition coefficient (Wildman–Crippen LogP) is 8.07. The van der Waals surface area contributed by atoms with Gasteiger partial charge in [0.25, 0.3) is 7.28 Å². The van der Waals surface area contributed by atoms with Crippen molar-refractivity contribution >= 4 is 52.9 Å². The third-order valence-corrected chi connectivity index (χ3v) is 12.7. The minimum absolute atomic E-state index is 0.00422. The van der Waals surface area contributed by atoms with Gasteiger partial charge in [0.2, 0.25) is 17.7 Å². The molecule has 3 aliphatic heterocycles. The first-order valence-corrected chi connectivity index (χ1v) is 21.0. The number of likely N-dealkylation sites (tertiary alicyclic amines) is 2. The molecule has 0 spiro atoms. The summed E-state index contributed by atoms with van der Waals surface area (Å²) in [5.74, 6) is 0.654. The maximum absolute atomic E-state index is 14.0. The first-order chi connectivity index (χ1) is 28.8. The maximum Gasteiger partial charge on any atom is 0.407 e. The van der Waals surface area contributed by atoms with Crippen LogP contribution in [0.5, 0.6) is 5.75 Å². The second-order valence-electron chi connectivity index (χ2n) is 17.2. The lowest BCUT2D eigenvalue weighted by atomic mass is 9.59. The van der Waals surface area contributed by atoms with Crippen molar-refractivity contribution in [3.8, 4) is 28.1 Å². The van der Waals surface area contributed by atoms with Crippen LogP contribution in [0.25, 0.3) is 44.2 Å². The van der Waals surface area contributed by atoms with Crippen LogP contribution in [0.15, 0.2) is 48.7 Å². The van der Waals surface area contributed by atoms with Crippen molar-refractivity contribution in [1.29, 1.82) is 0 Å². The van der Waals surface area contributed by atoms with Gasteiger partial charge in [0.15, 0.2) is 0 Å². The number of carbonyl (C=O) groups excluding carboxylic acids is 4. The van der Waals surface area contributed by atoms with Gasteiger partial charge in [0.1, 0.15) is 30.0 Å². The van der Waals surface area contributed by atoms with Crippen LogP contribution in [-0.2, 0) is 25.7 Å². The fraction of sp³-hybridized carbons (Fsp3) is 0.467. The molecule has 2 saturated heterocycles. The molecule has 6 atom stereocenters. The van der Waals surface area contributed by atoms with Crippen LogP contribution in [0.2, 0.25) is 5.82 Å². The second-order valence-corrected chi connectivity index (χ2v) is 17.2. The Labute approximate surface area is 350 Å². The van der Waals surface area contributed by atoms with E-state index >= 15 is 0 Å². The number of methoxy groups -OCH3 is 2. The van der Waals surface area contributed by atoms with Gasteiger partial charge in [-0.25, -0.2) is 14.8 Å². The van der Waals surface area contributed by atoms with Crippen LogP contribution in [0.4, 0.5) is 9.59 Å². The quantitative estimate of drug-likeness (QED) is 0.118. The molecule has 8 rings (SSSR count). The van der Waals surface area contributed by atoms with Gasteiger partial charge in [-0.2, -0.15) is 0 Å². The van der Waals surface area contributed by atoms with Crippen molar-refractivity contribution in [3.63, 3.8) is 0 Å². The first-order valence-electron chi connectivity index (χ1n) is 21.0. The molecule has 0 unspecified atom stereocenters. The molecular formula is C45H53BN7O7. The number of H-pyrrole nitrogens is 2. The Morgan fingerprint density at radius 1 is 0.833 bits per heavy atom. The summed E-state index contributed by atoms with van der Waals surface area (Å²) in [6, 6.07) is 13.4. The number of amides is 3. The smallest absolute Gasteiger partial charge is 0.407 e. The Bertz CT molecular complexity index is 2480. The number of alkyl carbamates (subject to hydrolysis) is 1. The molecule has 15 heteroatoms. The Kier molecular flexibility index (Phi) is 11.1. The van der Waals surface area contributed by atoms with Crippen molar-refractivity contribution in [1.82, 2.24) is 35.1 Å². The Morgan fingerprint density at radius 3 is 2.23 bits per heavy atom. The van der Waals surface area contributed by atoms with Crippen molar-refractivity contribution < 1.29 is 33.4 Å². The first kappa shape index (κ1) is 40.9. The van der Waals surface area contributed by atoms with E-state index in [4.69, 9.17) is 24.2 Å². The number of benzene rings is 3. The lowest BCUT2D eigenvalue weighted by molar-refractivity contribution is -0.137. The summed E-state index contributed by atoms with van der Waals surface area (Å²) < 4.78 is 16.1. The van der Waals surface area contributed by atoms with Crippen molar-refractivity contribution in [3.05, 3.63) is 65.9 Å². The summed E-state index contributed by atoms with van der Waals surface area (Å²) in [5, 5.41) is 4.70. The van der Waals surface area contributed by atoms with E-state index in [0.29, 0.717) is 12.4 Å². The molecule has 0 bridgehead atoms. The standard InChI is InChI=1S/C45H53BN7O7/c1-22(2)37(46-44(56)58-7)42(54)52-24(5)9-15-34(52)40-47-20-33(49-40)27-11-13-29-28(17-27)21-60-36-19-30-26(18-31(29)36)12-14-32-39(30)50-41(48-32)35-16-10-25(6)53(35)43(55)38(23(3)4)51-45(57)59-8/h11-14,17-20,22-25,34-35,37-38H,9-10,15-16,21H2,1-8H3,(H,47,49)(H,48,50)(H,51,57)/t24-,25-,34-,35-,37-,38-/m0/s1. The molecule has 1 radical (unpaired) electrons. The largest absolute Gasteiger partial charge is 0.488 e. The molecule has 0 saturated carbocycles. The summed E-state index contributed by atoms with van der Waals surface area (Å²) >= 11 is 0. The summed E-state index contributed by atoms with van der Waals surface area (Å²) in [6.45, 7) is 12.2. The van der Waals surface area contributed by atoms with E-state index in [-0.39, 0.29) is 47.8 Å². The fourth-order valence-corrected chi connectivity index (χ4v) is 9.33. The van der Waals surface area contributed by atoms with Gasteiger partial charge in [-0.3, -0.25) is 14.4 Å². The van der Waals surface area contributed by atoms with E-state index < -0.39 is 23.8 Å². The summed E-state index contributed by atoms with van der Waals surface area (Å²) in [4.78, 5) is 72.8. The Morgan fingerprint density at radius 2 is 1.55 bits per heavy atom. The van der Waals surface area contributed by atoms with Crippen LogP contribution < -0.4 is 10.1 Å². The number of aromatic amines is 2. The molecule has 3 amide bonds. The van der Waals surface area contributed by atoms with E-state index in [2.05, 4.69) is 51.7 Å². The van der Waals surface area contributed by atoms with Gasteiger partial charge in [0, 0.05) is 28.9 Å². The number of fused-ring (bicyclic) bond motifs is 6. The number of carbonyl (C=O) groups is 4. The van der Waals surface area contributed by atoms with E-state index in [0.717, 1.165) is 87.0 Å². The normalized spacial score (nSPS) is 20.8. The topological polar surface area (TPSA) is 172 Å². The molecular weight excluding hydrogens is 761 g/mol. The van der Waals surface area contributed by atoms with Gasteiger partial charge >= 0.3 is 6.09 Å². The second kappa shape index (κ2) is 16.3. The molecule has 2 fully saturated rings. The molecule has 0 aliphatic carbocycles. The van der Waals surface area contributed by atoms with Gasteiger partial charge in [0.05, 0.1) is 49.2 Å². The zero-order valence-electron chi connectivity index (χ0n) is 35.5. The summed E-state index contributed by atoms with van der Waals surface area (Å²) in [6.07, 6.45) is 4.36. The van der Waals surface area contributed by atoms with E-state index in [1.807, 2.05) is 63.6 Å². The van der Waals surface area contributed by atoms with Gasteiger partial charge < -0.3 is 39.3 Å². The van der Waals surface area contributed by atoms with E-state index in [1.165, 1.54) is 21.5 Å². The number of imidazole rings is 2. The average molecular weight is 815 g/mol. The molecule has 60 heavy (non-hydrogen) atoms. The predicted molar refractivity (Wildman–Crippen MR) is 228 cm³/mol. The van der Waals surface area contributed by atoms with Crippen molar-refractivity contribution in [2.24, 2.45) is 11.8 Å². The fourth-order valence-electron chi connectivity index (χ4n) is 9.33. The van der Waals surface area contributed by atoms with Crippen LogP contribution in [0, 0.1) is 11.8 Å². The number of nitrogens with zero attached hydrogens (tertiary/aromatic N) is 4. The SMILES string of the molecule is COC(=O)[B][C@H](C(=O)N1[C@@H](C)CC[C@H]1c1ncc(-c2ccc3c(c2)COc2cc4c(ccc5[nH]c([C@@H]6CC[C@H](C)N6C(=O)[C@@H](NC(=O)OC)C(C)C)nc54)cc2-3)[nH]1)C(C)C. The van der Waals surface area contributed by atoms with Crippen LogP contribution in [0.1, 0.15) is 96.5 Å². The molecule has 3 aliphatic rings. The van der Waals surface area contributed by atoms with Crippen molar-refractivity contribution in [2.75, 3.05) is 14.2 Å². The molecule has 5 heterocycles. The third-order valence-electron chi connectivity index (χ3n) is 12.7. The molecule has 2 aromatic heterocycles. The zero-order valence-corrected chi connectivity index (χ0v) is 35.5. The number of rotatable bonds is 10. The van der Waals surface area contributed by atoms with Crippen molar-refractivity contribution in [2.45, 2.75) is 110 Å². The highest BCUT2D eigenvalue weighted by Gasteiger charge is 2.43. The number of aromatic nitrogens is 4. The molecule has 3 aromatic carbocycles. The summed E-state index contributed by atoms with van der Waals surface area (Å²) in [7, 11) is 4.01. The average Bonchev–Trinajstić information content (AvgIpc) is 4.06. The monoisotopic (exact) mass is 814 g/mol. The lowest BCUT2D eigenvalue weighted by Gasteiger charge is -2.32. The van der Waals surface area contributed by atoms with Gasteiger partial charge in [-0.05, 0) is 97.7 Å². The minimum atomic E-state index is -0.725. The highest BCUT2D eigenvalue weighted by Crippen LogP contribution is 2.44. The lowest BCUT2D eigenvalue weighted by Crippen LogP contribution is -2.52. The molecule has 3 N–H and O–H groups in total. The molecule has 313 valence electrons. The molecule has 14 nitrogen and oxygen atoms in total. The van der Waals surface area contributed by atoms with Crippen LogP contribution in [0.3, 0.4) is 0 Å². The highest BCUT2D eigenvalue weighted by molar-refractivity contribution is 6.75. The Hall–Kier alpha value is -5.86. The van der Waals surface area contributed by atoms with Crippen LogP contribution in [-0.4, -0.2) is 93.1 Å². The zero-order chi connectivity index (χ0) is 42.6. The van der Waals surface area contributed by atoms with E-state index in [9.17, 15) is 19.2 Å². The van der Waals surface area contributed by atoms with Gasteiger partial charge in [-0.1, -0.05) is 45.9 Å². The minimum Gasteiger partial charge on any atom is -0.488 e. The maximum atomic E-state index is 14.0. The van der Waals surface area contributed by atoms with Crippen LogP contribution >= 0.6 is 0 Å². The third kappa shape index (κ3) is 7.36. The van der Waals surface area contributed by atoms with E-state index in [1.54, 1.807) is 0 Å². The number of hydrogen-bond donors (Lipinski definition) is 3. The Balaban J connectivity index is 1.05. The molecule has 5 aromatic rings.